The maximum Gasteiger partial charge on any atom is 0.256 e. The standard InChI is InChI=1S/C20H17ClN2O2/c21-14-5-3-4-13(10-14)12-23(15-8-9-15)20(25)18-11-22-19(24)17-7-2-1-6-16(17)18/h1-7,10-11,15H,8-9,12H2,(H,22,24). The van der Waals surface area contributed by atoms with Crippen LogP contribution in [0.1, 0.15) is 28.8 Å². The first-order valence-corrected chi connectivity index (χ1v) is 8.67. The summed E-state index contributed by atoms with van der Waals surface area (Å²) >= 11 is 6.07. The van der Waals surface area contributed by atoms with Crippen LogP contribution in [0.15, 0.2) is 59.5 Å². The number of carbonyl (C=O) groups excluding carboxylic acids is 1. The molecule has 1 amide bonds. The van der Waals surface area contributed by atoms with Crippen LogP contribution in [-0.4, -0.2) is 21.8 Å². The van der Waals surface area contributed by atoms with Gasteiger partial charge in [0.25, 0.3) is 11.5 Å². The molecule has 4 rings (SSSR count). The Bertz CT molecular complexity index is 1010. The maximum absolute atomic E-state index is 13.2. The van der Waals surface area contributed by atoms with Gasteiger partial charge in [0, 0.05) is 34.6 Å². The number of carbonyl (C=O) groups is 1. The van der Waals surface area contributed by atoms with Crippen LogP contribution in [0.4, 0.5) is 0 Å². The number of benzene rings is 2. The Kier molecular flexibility index (Phi) is 4.06. The molecule has 5 heteroatoms. The molecule has 1 aliphatic rings. The molecule has 0 saturated heterocycles. The third kappa shape index (κ3) is 3.17. The number of H-pyrrole nitrogens is 1. The number of fused-ring (bicyclic) bond motifs is 1. The molecule has 0 radical (unpaired) electrons. The minimum absolute atomic E-state index is 0.0603. The third-order valence-corrected chi connectivity index (χ3v) is 4.77. The minimum Gasteiger partial charge on any atom is -0.331 e. The molecule has 1 aliphatic carbocycles. The highest BCUT2D eigenvalue weighted by atomic mass is 35.5. The van der Waals surface area contributed by atoms with E-state index in [1.165, 1.54) is 6.20 Å². The maximum atomic E-state index is 13.2. The van der Waals surface area contributed by atoms with Crippen molar-refractivity contribution in [3.8, 4) is 0 Å². The highest BCUT2D eigenvalue weighted by Crippen LogP contribution is 2.31. The first-order valence-electron chi connectivity index (χ1n) is 8.29. The zero-order valence-corrected chi connectivity index (χ0v) is 14.3. The molecule has 0 unspecified atom stereocenters. The van der Waals surface area contributed by atoms with Gasteiger partial charge >= 0.3 is 0 Å². The van der Waals surface area contributed by atoms with Crippen LogP contribution in [0.2, 0.25) is 5.02 Å². The molecule has 1 aromatic heterocycles. The van der Waals surface area contributed by atoms with Gasteiger partial charge in [-0.05, 0) is 36.6 Å². The summed E-state index contributed by atoms with van der Waals surface area (Å²) < 4.78 is 0. The first kappa shape index (κ1) is 15.9. The van der Waals surface area contributed by atoms with Crippen molar-refractivity contribution in [3.63, 3.8) is 0 Å². The first-order chi connectivity index (χ1) is 12.1. The molecule has 0 spiro atoms. The van der Waals surface area contributed by atoms with Crippen molar-refractivity contribution >= 4 is 28.3 Å². The lowest BCUT2D eigenvalue weighted by Crippen LogP contribution is -2.33. The number of rotatable bonds is 4. The van der Waals surface area contributed by atoms with E-state index in [4.69, 9.17) is 11.6 Å². The van der Waals surface area contributed by atoms with E-state index in [9.17, 15) is 9.59 Å². The average Bonchev–Trinajstić information content (AvgIpc) is 3.45. The third-order valence-electron chi connectivity index (χ3n) is 4.53. The van der Waals surface area contributed by atoms with Crippen molar-refractivity contribution in [2.45, 2.75) is 25.4 Å². The fourth-order valence-corrected chi connectivity index (χ4v) is 3.34. The lowest BCUT2D eigenvalue weighted by atomic mass is 10.1. The van der Waals surface area contributed by atoms with E-state index in [0.29, 0.717) is 27.9 Å². The van der Waals surface area contributed by atoms with Crippen LogP contribution in [0, 0.1) is 0 Å². The number of pyridine rings is 1. The SMILES string of the molecule is O=C(c1c[nH]c(=O)c2ccccc12)N(Cc1cccc(Cl)c1)C1CC1. The van der Waals surface area contributed by atoms with Crippen LogP contribution < -0.4 is 5.56 Å². The predicted octanol–water partition coefficient (Wildman–Crippen LogP) is 3.99. The number of nitrogens with one attached hydrogen (secondary N) is 1. The molecule has 2 aromatic carbocycles. The van der Waals surface area contributed by atoms with Gasteiger partial charge in [-0.25, -0.2) is 0 Å². The van der Waals surface area contributed by atoms with Crippen molar-refractivity contribution in [2.24, 2.45) is 0 Å². The molecule has 1 heterocycles. The lowest BCUT2D eigenvalue weighted by Gasteiger charge is -2.23. The minimum atomic E-state index is -0.181. The van der Waals surface area contributed by atoms with Crippen LogP contribution in [0.3, 0.4) is 0 Å². The fourth-order valence-electron chi connectivity index (χ4n) is 3.13. The van der Waals surface area contributed by atoms with E-state index in [-0.39, 0.29) is 17.5 Å². The Hall–Kier alpha value is -2.59. The molecule has 126 valence electrons. The normalized spacial score (nSPS) is 13.8. The molecule has 0 aliphatic heterocycles. The van der Waals surface area contributed by atoms with Crippen LogP contribution >= 0.6 is 11.6 Å². The van der Waals surface area contributed by atoms with Gasteiger partial charge in [0.1, 0.15) is 0 Å². The van der Waals surface area contributed by atoms with Crippen molar-refractivity contribution in [3.05, 3.63) is 81.2 Å². The number of aromatic nitrogens is 1. The van der Waals surface area contributed by atoms with Gasteiger partial charge in [-0.15, -0.1) is 0 Å². The summed E-state index contributed by atoms with van der Waals surface area (Å²) in [5.41, 5.74) is 1.35. The molecule has 4 nitrogen and oxygen atoms in total. The topological polar surface area (TPSA) is 53.2 Å². The molecule has 1 fully saturated rings. The van der Waals surface area contributed by atoms with Gasteiger partial charge in [0.2, 0.25) is 0 Å². The average molecular weight is 353 g/mol. The number of hydrogen-bond donors (Lipinski definition) is 1. The zero-order valence-electron chi connectivity index (χ0n) is 13.5. The second-order valence-electron chi connectivity index (χ2n) is 6.37. The van der Waals surface area contributed by atoms with Gasteiger partial charge in [-0.1, -0.05) is 41.9 Å². The predicted molar refractivity (Wildman–Crippen MR) is 98.9 cm³/mol. The van der Waals surface area contributed by atoms with Gasteiger partial charge < -0.3 is 9.88 Å². The monoisotopic (exact) mass is 352 g/mol. The summed E-state index contributed by atoms with van der Waals surface area (Å²) in [4.78, 5) is 29.8. The Morgan fingerprint density at radius 2 is 1.88 bits per heavy atom. The van der Waals surface area contributed by atoms with E-state index < -0.39 is 0 Å². The summed E-state index contributed by atoms with van der Waals surface area (Å²) in [7, 11) is 0. The fraction of sp³-hybridized carbons (Fsp3) is 0.200. The summed E-state index contributed by atoms with van der Waals surface area (Å²) in [6.45, 7) is 0.511. The van der Waals surface area contributed by atoms with Gasteiger partial charge in [0.15, 0.2) is 0 Å². The number of nitrogens with zero attached hydrogens (tertiary/aromatic N) is 1. The molecule has 0 atom stereocenters. The van der Waals surface area contributed by atoms with Gasteiger partial charge in [-0.2, -0.15) is 0 Å². The summed E-state index contributed by atoms with van der Waals surface area (Å²) in [5.74, 6) is -0.0603. The highest BCUT2D eigenvalue weighted by molar-refractivity contribution is 6.30. The Morgan fingerprint density at radius 1 is 1.12 bits per heavy atom. The molecular weight excluding hydrogens is 336 g/mol. The smallest absolute Gasteiger partial charge is 0.256 e. The van der Waals surface area contributed by atoms with Crippen molar-refractivity contribution < 1.29 is 4.79 Å². The van der Waals surface area contributed by atoms with E-state index in [1.54, 1.807) is 12.1 Å². The summed E-state index contributed by atoms with van der Waals surface area (Å²) in [6, 6.07) is 15.0. The van der Waals surface area contributed by atoms with E-state index >= 15 is 0 Å². The van der Waals surface area contributed by atoms with E-state index in [2.05, 4.69) is 4.98 Å². The lowest BCUT2D eigenvalue weighted by molar-refractivity contribution is 0.0731. The number of halogens is 1. The zero-order chi connectivity index (χ0) is 17.4. The van der Waals surface area contributed by atoms with Crippen LogP contribution in [-0.2, 0) is 6.54 Å². The quantitative estimate of drug-likeness (QED) is 0.772. The molecule has 1 saturated carbocycles. The van der Waals surface area contributed by atoms with Crippen molar-refractivity contribution in [1.29, 1.82) is 0 Å². The molecule has 3 aromatic rings. The summed E-state index contributed by atoms with van der Waals surface area (Å²) in [5, 5.41) is 1.88. The molecule has 1 N–H and O–H groups in total. The number of hydrogen-bond acceptors (Lipinski definition) is 2. The van der Waals surface area contributed by atoms with Gasteiger partial charge in [-0.3, -0.25) is 9.59 Å². The Labute approximate surface area is 150 Å². The highest BCUT2D eigenvalue weighted by Gasteiger charge is 2.33. The number of aromatic amines is 1. The van der Waals surface area contributed by atoms with Crippen molar-refractivity contribution in [2.75, 3.05) is 0 Å². The van der Waals surface area contributed by atoms with E-state index in [0.717, 1.165) is 18.4 Å². The Morgan fingerprint density at radius 3 is 2.60 bits per heavy atom. The molecular formula is C20H17ClN2O2. The largest absolute Gasteiger partial charge is 0.331 e. The van der Waals surface area contributed by atoms with E-state index in [1.807, 2.05) is 41.3 Å². The van der Waals surface area contributed by atoms with Crippen molar-refractivity contribution in [1.82, 2.24) is 9.88 Å². The van der Waals surface area contributed by atoms with Crippen LogP contribution in [0.5, 0.6) is 0 Å². The summed E-state index contributed by atoms with van der Waals surface area (Å²) in [6.07, 6.45) is 3.54. The second-order valence-corrected chi connectivity index (χ2v) is 6.81. The second kappa shape index (κ2) is 6.37. The molecule has 0 bridgehead atoms. The Balaban J connectivity index is 1.73. The number of amides is 1. The van der Waals surface area contributed by atoms with Crippen LogP contribution in [0.25, 0.3) is 10.8 Å². The van der Waals surface area contributed by atoms with Gasteiger partial charge in [0.05, 0.1) is 5.56 Å². The molecule has 25 heavy (non-hydrogen) atoms.